The van der Waals surface area contributed by atoms with Gasteiger partial charge in [-0.15, -0.1) is 12.6 Å². The summed E-state index contributed by atoms with van der Waals surface area (Å²) in [4.78, 5) is 0.885. The molecule has 0 saturated heterocycles. The van der Waals surface area contributed by atoms with Gasteiger partial charge < -0.3 is 11.1 Å². The summed E-state index contributed by atoms with van der Waals surface area (Å²) in [6.45, 7) is 1.09. The van der Waals surface area contributed by atoms with Crippen LogP contribution in [0.5, 0.6) is 0 Å². The number of benzene rings is 1. The van der Waals surface area contributed by atoms with Gasteiger partial charge in [0.2, 0.25) is 0 Å². The van der Waals surface area contributed by atoms with E-state index in [2.05, 4.69) is 30.1 Å². The van der Waals surface area contributed by atoms with E-state index in [1.165, 1.54) is 18.4 Å². The second-order valence-corrected chi connectivity index (χ2v) is 3.94. The van der Waals surface area contributed by atoms with E-state index in [1.54, 1.807) is 0 Å². The number of rotatable bonds is 5. The molecular weight excluding hydrogens is 192 g/mol. The third-order valence-electron chi connectivity index (χ3n) is 2.24. The minimum absolute atomic E-state index is 0.757. The molecule has 0 saturated carbocycles. The molecule has 3 heteroatoms. The minimum atomic E-state index is 0.757. The highest BCUT2D eigenvalue weighted by molar-refractivity contribution is 7.80. The molecule has 14 heavy (non-hydrogen) atoms. The van der Waals surface area contributed by atoms with Crippen LogP contribution in [0.4, 0.5) is 5.69 Å². The molecule has 0 radical (unpaired) electrons. The average molecular weight is 210 g/mol. The van der Waals surface area contributed by atoms with Crippen molar-refractivity contribution in [2.24, 2.45) is 0 Å². The Morgan fingerprint density at radius 2 is 2.14 bits per heavy atom. The van der Waals surface area contributed by atoms with Crippen molar-refractivity contribution in [1.82, 2.24) is 5.32 Å². The molecule has 0 aliphatic heterocycles. The Morgan fingerprint density at radius 3 is 2.79 bits per heavy atom. The van der Waals surface area contributed by atoms with E-state index < -0.39 is 0 Å². The lowest BCUT2D eigenvalue weighted by atomic mass is 10.1. The lowest BCUT2D eigenvalue weighted by Crippen LogP contribution is -2.07. The van der Waals surface area contributed by atoms with Crippen LogP contribution in [-0.2, 0) is 6.42 Å². The van der Waals surface area contributed by atoms with Crippen LogP contribution in [0.15, 0.2) is 23.1 Å². The number of unbranched alkanes of at least 4 members (excludes halogenated alkanes) is 1. The topological polar surface area (TPSA) is 38.0 Å². The Balaban J connectivity index is 2.39. The molecule has 0 fully saturated rings. The molecule has 0 aliphatic rings. The number of hydrogen-bond donors (Lipinski definition) is 3. The molecule has 0 atom stereocenters. The molecular formula is C11H18N2S. The largest absolute Gasteiger partial charge is 0.398 e. The van der Waals surface area contributed by atoms with E-state index in [-0.39, 0.29) is 0 Å². The van der Waals surface area contributed by atoms with Gasteiger partial charge in [-0.3, -0.25) is 0 Å². The summed E-state index contributed by atoms with van der Waals surface area (Å²) in [6.07, 6.45) is 3.52. The molecule has 0 spiro atoms. The van der Waals surface area contributed by atoms with Gasteiger partial charge >= 0.3 is 0 Å². The number of anilines is 1. The summed E-state index contributed by atoms with van der Waals surface area (Å²) in [5, 5.41) is 3.14. The Kier molecular flexibility index (Phi) is 4.84. The first kappa shape index (κ1) is 11.4. The molecule has 0 heterocycles. The Hall–Kier alpha value is -0.670. The second-order valence-electron chi connectivity index (χ2n) is 3.45. The molecule has 1 aromatic rings. The number of nitrogens with two attached hydrogens (primary N) is 1. The molecule has 0 aromatic heterocycles. The number of thiol groups is 1. The summed E-state index contributed by atoms with van der Waals surface area (Å²) in [5.74, 6) is 0. The Bertz CT molecular complexity index is 287. The number of hydrogen-bond acceptors (Lipinski definition) is 3. The van der Waals surface area contributed by atoms with E-state index in [9.17, 15) is 0 Å². The first-order valence-electron chi connectivity index (χ1n) is 4.96. The van der Waals surface area contributed by atoms with Gasteiger partial charge in [0.1, 0.15) is 0 Å². The van der Waals surface area contributed by atoms with Crippen LogP contribution in [-0.4, -0.2) is 13.6 Å². The van der Waals surface area contributed by atoms with Crippen molar-refractivity contribution in [3.05, 3.63) is 23.8 Å². The summed E-state index contributed by atoms with van der Waals surface area (Å²) < 4.78 is 0. The van der Waals surface area contributed by atoms with Gasteiger partial charge in [-0.25, -0.2) is 0 Å². The normalized spacial score (nSPS) is 10.4. The lowest BCUT2D eigenvalue weighted by Gasteiger charge is -2.04. The van der Waals surface area contributed by atoms with Gasteiger partial charge in [0.15, 0.2) is 0 Å². The van der Waals surface area contributed by atoms with Crippen molar-refractivity contribution in [2.75, 3.05) is 19.3 Å². The maximum atomic E-state index is 5.68. The van der Waals surface area contributed by atoms with Crippen LogP contribution in [0.1, 0.15) is 18.4 Å². The van der Waals surface area contributed by atoms with Gasteiger partial charge in [0, 0.05) is 10.6 Å². The molecule has 0 unspecified atom stereocenters. The first-order chi connectivity index (χ1) is 6.74. The monoisotopic (exact) mass is 210 g/mol. The van der Waals surface area contributed by atoms with Crippen molar-refractivity contribution in [1.29, 1.82) is 0 Å². The highest BCUT2D eigenvalue weighted by Gasteiger charge is 1.97. The highest BCUT2D eigenvalue weighted by Crippen LogP contribution is 2.18. The average Bonchev–Trinajstić information content (AvgIpc) is 2.18. The van der Waals surface area contributed by atoms with Crippen LogP contribution in [0.3, 0.4) is 0 Å². The molecule has 78 valence electrons. The van der Waals surface area contributed by atoms with Crippen molar-refractivity contribution in [2.45, 2.75) is 24.2 Å². The number of aryl methyl sites for hydroxylation is 1. The molecule has 3 N–H and O–H groups in total. The zero-order chi connectivity index (χ0) is 10.4. The third-order valence-corrected chi connectivity index (χ3v) is 2.62. The fraction of sp³-hybridized carbons (Fsp3) is 0.455. The van der Waals surface area contributed by atoms with E-state index in [4.69, 9.17) is 5.73 Å². The van der Waals surface area contributed by atoms with Crippen molar-refractivity contribution >= 4 is 18.3 Å². The van der Waals surface area contributed by atoms with Crippen LogP contribution >= 0.6 is 12.6 Å². The van der Waals surface area contributed by atoms with Crippen LogP contribution < -0.4 is 11.1 Å². The van der Waals surface area contributed by atoms with E-state index in [0.29, 0.717) is 0 Å². The summed E-state index contributed by atoms with van der Waals surface area (Å²) in [7, 11) is 1.98. The fourth-order valence-electron chi connectivity index (χ4n) is 1.38. The van der Waals surface area contributed by atoms with E-state index >= 15 is 0 Å². The predicted molar refractivity (Wildman–Crippen MR) is 65.0 cm³/mol. The number of nitrogen functional groups attached to an aromatic ring is 1. The molecule has 2 nitrogen and oxygen atoms in total. The van der Waals surface area contributed by atoms with Crippen molar-refractivity contribution < 1.29 is 0 Å². The van der Waals surface area contributed by atoms with Gasteiger partial charge in [0.25, 0.3) is 0 Å². The predicted octanol–water partition coefficient (Wildman–Crippen LogP) is 2.10. The third kappa shape index (κ3) is 3.60. The first-order valence-corrected chi connectivity index (χ1v) is 5.40. The summed E-state index contributed by atoms with van der Waals surface area (Å²) in [5.41, 5.74) is 7.76. The number of nitrogens with one attached hydrogen (secondary N) is 1. The zero-order valence-electron chi connectivity index (χ0n) is 8.59. The van der Waals surface area contributed by atoms with Gasteiger partial charge in [0.05, 0.1) is 0 Å². The quantitative estimate of drug-likeness (QED) is 0.395. The van der Waals surface area contributed by atoms with Crippen LogP contribution in [0.25, 0.3) is 0 Å². The molecule has 0 bridgehead atoms. The fourth-order valence-corrected chi connectivity index (χ4v) is 1.62. The van der Waals surface area contributed by atoms with E-state index in [0.717, 1.165) is 23.5 Å². The van der Waals surface area contributed by atoms with Gasteiger partial charge in [-0.2, -0.15) is 0 Å². The maximum Gasteiger partial charge on any atom is 0.0449 e. The van der Waals surface area contributed by atoms with Gasteiger partial charge in [-0.05, 0) is 50.6 Å². The second kappa shape index (κ2) is 5.94. The minimum Gasteiger partial charge on any atom is -0.398 e. The van der Waals surface area contributed by atoms with Crippen LogP contribution in [0, 0.1) is 0 Å². The molecule has 0 amide bonds. The summed E-state index contributed by atoms with van der Waals surface area (Å²) in [6, 6.07) is 6.06. The highest BCUT2D eigenvalue weighted by atomic mass is 32.1. The maximum absolute atomic E-state index is 5.68. The Morgan fingerprint density at radius 1 is 1.36 bits per heavy atom. The Labute approximate surface area is 91.3 Å². The lowest BCUT2D eigenvalue weighted by molar-refractivity contribution is 0.677. The molecule has 1 rings (SSSR count). The van der Waals surface area contributed by atoms with Crippen molar-refractivity contribution in [3.8, 4) is 0 Å². The van der Waals surface area contributed by atoms with Crippen molar-refractivity contribution in [3.63, 3.8) is 0 Å². The van der Waals surface area contributed by atoms with Gasteiger partial charge in [-0.1, -0.05) is 6.07 Å². The van der Waals surface area contributed by atoms with Crippen LogP contribution in [0.2, 0.25) is 0 Å². The SMILES string of the molecule is CNCCCCc1ccc(N)c(S)c1. The standard InChI is InChI=1S/C11H18N2S/c1-13-7-3-2-4-9-5-6-10(12)11(14)8-9/h5-6,8,13-14H,2-4,7,12H2,1H3. The van der Waals surface area contributed by atoms with E-state index in [1.807, 2.05) is 13.1 Å². The molecule has 0 aliphatic carbocycles. The zero-order valence-corrected chi connectivity index (χ0v) is 9.48. The molecule has 1 aromatic carbocycles. The summed E-state index contributed by atoms with van der Waals surface area (Å²) >= 11 is 4.29. The smallest absolute Gasteiger partial charge is 0.0449 e.